The van der Waals surface area contributed by atoms with Crippen LogP contribution in [-0.2, 0) is 9.53 Å². The predicted molar refractivity (Wildman–Crippen MR) is 84.4 cm³/mol. The van der Waals surface area contributed by atoms with Gasteiger partial charge < -0.3 is 24.6 Å². The average molecular weight is 305 g/mol. The Hall–Kier alpha value is -1.79. The quantitative estimate of drug-likeness (QED) is 0.872. The summed E-state index contributed by atoms with van der Waals surface area (Å²) in [5.74, 6) is 0.973. The molecule has 0 spiro atoms. The third-order valence-electron chi connectivity index (χ3n) is 4.23. The topological polar surface area (TPSA) is 54.0 Å². The fraction of sp³-hybridized carbons (Fsp3) is 0.562. The molecule has 1 aromatic carbocycles. The molecule has 1 aromatic rings. The summed E-state index contributed by atoms with van der Waals surface area (Å²) in [6.07, 6.45) is -0.318. The summed E-state index contributed by atoms with van der Waals surface area (Å²) >= 11 is 0. The molecule has 120 valence electrons. The van der Waals surface area contributed by atoms with Crippen molar-refractivity contribution in [2.75, 3.05) is 57.9 Å². The largest absolute Gasteiger partial charge is 0.497 e. The Morgan fingerprint density at radius 3 is 2.55 bits per heavy atom. The number of nitrogens with zero attached hydrogens (tertiary/aromatic N) is 2. The maximum absolute atomic E-state index is 12.4. The van der Waals surface area contributed by atoms with Crippen molar-refractivity contribution in [2.45, 2.75) is 6.10 Å². The molecule has 0 aliphatic carbocycles. The minimum absolute atomic E-state index is 0.113. The van der Waals surface area contributed by atoms with Crippen molar-refractivity contribution in [1.82, 2.24) is 10.2 Å². The van der Waals surface area contributed by atoms with Gasteiger partial charge >= 0.3 is 0 Å². The lowest BCUT2D eigenvalue weighted by molar-refractivity contribution is -0.145. The van der Waals surface area contributed by atoms with Gasteiger partial charge in [-0.2, -0.15) is 0 Å². The van der Waals surface area contributed by atoms with Crippen LogP contribution in [0.4, 0.5) is 5.69 Å². The molecule has 0 unspecified atom stereocenters. The first-order valence-corrected chi connectivity index (χ1v) is 7.78. The van der Waals surface area contributed by atoms with Gasteiger partial charge in [-0.05, 0) is 24.3 Å². The van der Waals surface area contributed by atoms with Crippen molar-refractivity contribution in [3.63, 3.8) is 0 Å². The van der Waals surface area contributed by atoms with E-state index in [1.165, 1.54) is 5.69 Å². The standard InChI is InChI=1S/C16H23N3O3/c1-21-14-4-2-13(3-5-14)18-7-9-19(10-8-18)16(20)15-12-17-6-11-22-15/h2-5,15,17H,6-12H2,1H3/t15-/m1/s1. The summed E-state index contributed by atoms with van der Waals surface area (Å²) < 4.78 is 10.7. The van der Waals surface area contributed by atoms with E-state index in [-0.39, 0.29) is 12.0 Å². The molecular formula is C16H23N3O3. The first-order valence-electron chi connectivity index (χ1n) is 7.78. The van der Waals surface area contributed by atoms with Crippen molar-refractivity contribution >= 4 is 11.6 Å². The maximum Gasteiger partial charge on any atom is 0.253 e. The summed E-state index contributed by atoms with van der Waals surface area (Å²) in [7, 11) is 1.67. The van der Waals surface area contributed by atoms with Crippen LogP contribution in [0.1, 0.15) is 0 Å². The number of hydrogen-bond acceptors (Lipinski definition) is 5. The number of nitrogens with one attached hydrogen (secondary N) is 1. The Kier molecular flexibility index (Phi) is 4.80. The Bertz CT molecular complexity index is 492. The number of piperazine rings is 1. The van der Waals surface area contributed by atoms with Gasteiger partial charge in [-0.1, -0.05) is 0 Å². The molecule has 6 nitrogen and oxygen atoms in total. The van der Waals surface area contributed by atoms with Crippen molar-refractivity contribution in [3.05, 3.63) is 24.3 Å². The fourth-order valence-corrected chi connectivity index (χ4v) is 2.91. The van der Waals surface area contributed by atoms with Crippen LogP contribution in [0.5, 0.6) is 5.75 Å². The fourth-order valence-electron chi connectivity index (χ4n) is 2.91. The number of anilines is 1. The lowest BCUT2D eigenvalue weighted by Crippen LogP contribution is -2.55. The minimum Gasteiger partial charge on any atom is -0.497 e. The Labute approximate surface area is 131 Å². The van der Waals surface area contributed by atoms with Crippen LogP contribution in [0.15, 0.2) is 24.3 Å². The Morgan fingerprint density at radius 2 is 1.95 bits per heavy atom. The van der Waals surface area contributed by atoms with Gasteiger partial charge in [-0.15, -0.1) is 0 Å². The third kappa shape index (κ3) is 3.34. The number of methoxy groups -OCH3 is 1. The summed E-state index contributed by atoms with van der Waals surface area (Å²) in [5, 5.41) is 3.21. The molecular weight excluding hydrogens is 282 g/mol. The summed E-state index contributed by atoms with van der Waals surface area (Å²) in [5.41, 5.74) is 1.17. The zero-order chi connectivity index (χ0) is 15.4. The van der Waals surface area contributed by atoms with Gasteiger partial charge in [-0.3, -0.25) is 4.79 Å². The van der Waals surface area contributed by atoms with Crippen LogP contribution >= 0.6 is 0 Å². The molecule has 2 fully saturated rings. The number of ether oxygens (including phenoxy) is 2. The molecule has 0 saturated carbocycles. The molecule has 1 atom stereocenters. The van der Waals surface area contributed by atoms with E-state index in [4.69, 9.17) is 9.47 Å². The van der Waals surface area contributed by atoms with E-state index >= 15 is 0 Å². The highest BCUT2D eigenvalue weighted by molar-refractivity contribution is 5.81. The van der Waals surface area contributed by atoms with Crippen LogP contribution < -0.4 is 15.0 Å². The lowest BCUT2D eigenvalue weighted by atomic mass is 10.2. The number of morpholine rings is 1. The summed E-state index contributed by atoms with van der Waals surface area (Å²) in [6, 6.07) is 8.05. The molecule has 2 heterocycles. The van der Waals surface area contributed by atoms with E-state index in [1.54, 1.807) is 7.11 Å². The second-order valence-corrected chi connectivity index (χ2v) is 5.57. The van der Waals surface area contributed by atoms with Gasteiger partial charge in [0.15, 0.2) is 0 Å². The lowest BCUT2D eigenvalue weighted by Gasteiger charge is -2.38. The minimum atomic E-state index is -0.318. The normalized spacial score (nSPS) is 22.5. The van der Waals surface area contributed by atoms with Crippen molar-refractivity contribution in [3.8, 4) is 5.75 Å². The number of rotatable bonds is 3. The number of benzene rings is 1. The number of amides is 1. The SMILES string of the molecule is COc1ccc(N2CCN(C(=O)[C@H]3CNCCO3)CC2)cc1. The van der Waals surface area contributed by atoms with Gasteiger partial charge in [-0.25, -0.2) is 0 Å². The molecule has 0 bridgehead atoms. The predicted octanol–water partition coefficient (Wildman–Crippen LogP) is 0.332. The van der Waals surface area contributed by atoms with Gasteiger partial charge in [0.2, 0.25) is 0 Å². The van der Waals surface area contributed by atoms with E-state index in [0.717, 1.165) is 38.5 Å². The van der Waals surface area contributed by atoms with Crippen molar-refractivity contribution < 1.29 is 14.3 Å². The Morgan fingerprint density at radius 1 is 1.23 bits per heavy atom. The molecule has 22 heavy (non-hydrogen) atoms. The second kappa shape index (κ2) is 6.98. The monoisotopic (exact) mass is 305 g/mol. The average Bonchev–Trinajstić information content (AvgIpc) is 2.62. The molecule has 1 amide bonds. The van der Waals surface area contributed by atoms with Gasteiger partial charge in [0, 0.05) is 45.0 Å². The Balaban J connectivity index is 1.54. The van der Waals surface area contributed by atoms with Crippen LogP contribution in [0.25, 0.3) is 0 Å². The van der Waals surface area contributed by atoms with Crippen LogP contribution in [0.3, 0.4) is 0 Å². The first kappa shape index (κ1) is 15.1. The van der Waals surface area contributed by atoms with E-state index in [1.807, 2.05) is 17.0 Å². The van der Waals surface area contributed by atoms with Crippen molar-refractivity contribution in [2.24, 2.45) is 0 Å². The van der Waals surface area contributed by atoms with Crippen LogP contribution in [-0.4, -0.2) is 69.9 Å². The molecule has 2 aliphatic heterocycles. The molecule has 1 N–H and O–H groups in total. The van der Waals surface area contributed by atoms with Crippen molar-refractivity contribution in [1.29, 1.82) is 0 Å². The van der Waals surface area contributed by atoms with Gasteiger partial charge in [0.25, 0.3) is 5.91 Å². The summed E-state index contributed by atoms with van der Waals surface area (Å²) in [4.78, 5) is 16.6. The van der Waals surface area contributed by atoms with E-state index in [0.29, 0.717) is 13.2 Å². The molecule has 3 rings (SSSR count). The highest BCUT2D eigenvalue weighted by Gasteiger charge is 2.29. The zero-order valence-electron chi connectivity index (χ0n) is 13.0. The van der Waals surface area contributed by atoms with E-state index in [2.05, 4.69) is 22.3 Å². The number of hydrogen-bond donors (Lipinski definition) is 1. The zero-order valence-corrected chi connectivity index (χ0v) is 13.0. The molecule has 0 radical (unpaired) electrons. The highest BCUT2D eigenvalue weighted by atomic mass is 16.5. The first-order chi connectivity index (χ1) is 10.8. The molecule has 2 saturated heterocycles. The second-order valence-electron chi connectivity index (χ2n) is 5.57. The van der Waals surface area contributed by atoms with E-state index < -0.39 is 0 Å². The van der Waals surface area contributed by atoms with E-state index in [9.17, 15) is 4.79 Å². The third-order valence-corrected chi connectivity index (χ3v) is 4.23. The molecule has 0 aromatic heterocycles. The van der Waals surface area contributed by atoms with Crippen LogP contribution in [0.2, 0.25) is 0 Å². The van der Waals surface area contributed by atoms with Gasteiger partial charge in [0.05, 0.1) is 13.7 Å². The number of carbonyl (C=O) groups excluding carboxylic acids is 1. The smallest absolute Gasteiger partial charge is 0.253 e. The number of carbonyl (C=O) groups is 1. The summed E-state index contributed by atoms with van der Waals surface area (Å²) in [6.45, 7) is 5.24. The highest BCUT2D eigenvalue weighted by Crippen LogP contribution is 2.20. The molecule has 6 heteroatoms. The maximum atomic E-state index is 12.4. The van der Waals surface area contributed by atoms with Crippen LogP contribution in [0, 0.1) is 0 Å². The molecule has 2 aliphatic rings. The van der Waals surface area contributed by atoms with Gasteiger partial charge in [0.1, 0.15) is 11.9 Å².